The first-order valence-corrected chi connectivity index (χ1v) is 31.3. The molecule has 0 N–H and O–H groups in total. The Balaban J connectivity index is 4.16. The van der Waals surface area contributed by atoms with E-state index in [1.807, 2.05) is 0 Å². The highest BCUT2D eigenvalue weighted by atomic mass is 16.6. The Bertz CT molecular complexity index is 1290. The summed E-state index contributed by atoms with van der Waals surface area (Å²) in [5, 5.41) is 0. The second-order valence-electron chi connectivity index (χ2n) is 20.9. The van der Waals surface area contributed by atoms with Crippen molar-refractivity contribution in [2.24, 2.45) is 0 Å². The molecular formula is C66H118O6. The maximum atomic E-state index is 12.9. The molecule has 0 amide bonds. The largest absolute Gasteiger partial charge is 0.462 e. The van der Waals surface area contributed by atoms with Gasteiger partial charge in [0.1, 0.15) is 13.2 Å². The molecule has 6 heteroatoms. The molecule has 0 aromatic rings. The molecule has 0 aliphatic heterocycles. The molecule has 0 radical (unpaired) electrons. The summed E-state index contributed by atoms with van der Waals surface area (Å²) in [5.74, 6) is -0.866. The van der Waals surface area contributed by atoms with Crippen molar-refractivity contribution in [3.8, 4) is 0 Å². The van der Waals surface area contributed by atoms with Crippen molar-refractivity contribution in [2.75, 3.05) is 13.2 Å². The Labute approximate surface area is 447 Å². The predicted octanol–water partition coefficient (Wildman–Crippen LogP) is 21.2. The highest BCUT2D eigenvalue weighted by Gasteiger charge is 2.19. The molecule has 0 spiro atoms. The molecule has 0 saturated carbocycles. The van der Waals surface area contributed by atoms with Crippen LogP contribution in [0.5, 0.6) is 0 Å². The average Bonchev–Trinajstić information content (AvgIpc) is 3.38. The summed E-state index contributed by atoms with van der Waals surface area (Å²) in [6.07, 6.45) is 76.7. The van der Waals surface area contributed by atoms with Crippen molar-refractivity contribution < 1.29 is 28.6 Å². The van der Waals surface area contributed by atoms with Crippen molar-refractivity contribution >= 4 is 17.9 Å². The van der Waals surface area contributed by atoms with E-state index < -0.39 is 6.10 Å². The normalized spacial score (nSPS) is 12.4. The van der Waals surface area contributed by atoms with Crippen LogP contribution in [0.3, 0.4) is 0 Å². The van der Waals surface area contributed by atoms with E-state index in [-0.39, 0.29) is 31.1 Å². The van der Waals surface area contributed by atoms with E-state index in [1.165, 1.54) is 199 Å². The molecule has 0 aliphatic rings. The van der Waals surface area contributed by atoms with Crippen molar-refractivity contribution in [3.05, 3.63) is 60.8 Å². The molecule has 0 aromatic carbocycles. The van der Waals surface area contributed by atoms with Gasteiger partial charge >= 0.3 is 17.9 Å². The first kappa shape index (κ1) is 69.1. The highest BCUT2D eigenvalue weighted by molar-refractivity contribution is 5.71. The summed E-state index contributed by atoms with van der Waals surface area (Å²) in [5.41, 5.74) is 0. The summed E-state index contributed by atoms with van der Waals surface area (Å²) < 4.78 is 16.9. The monoisotopic (exact) mass is 1010 g/mol. The zero-order valence-electron chi connectivity index (χ0n) is 47.9. The molecular weight excluding hydrogens is 889 g/mol. The molecule has 6 nitrogen and oxygen atoms in total. The van der Waals surface area contributed by atoms with Crippen LogP contribution >= 0.6 is 0 Å². The highest BCUT2D eigenvalue weighted by Crippen LogP contribution is 2.17. The van der Waals surface area contributed by atoms with Crippen molar-refractivity contribution in [1.29, 1.82) is 0 Å². The third kappa shape index (κ3) is 58.0. The third-order valence-electron chi connectivity index (χ3n) is 13.8. The Morgan fingerprint density at radius 2 is 0.542 bits per heavy atom. The van der Waals surface area contributed by atoms with Gasteiger partial charge in [0.15, 0.2) is 6.10 Å². The number of carbonyl (C=O) groups excluding carboxylic acids is 3. The van der Waals surface area contributed by atoms with Gasteiger partial charge in [0.05, 0.1) is 0 Å². The van der Waals surface area contributed by atoms with Gasteiger partial charge in [0.25, 0.3) is 0 Å². The summed E-state index contributed by atoms with van der Waals surface area (Å²) in [7, 11) is 0. The van der Waals surface area contributed by atoms with E-state index >= 15 is 0 Å². The molecule has 0 saturated heterocycles. The Kier molecular flexibility index (Phi) is 58.2. The standard InChI is InChI=1S/C66H118O6/c1-4-7-10-13-16-19-21-23-25-27-29-31-32-33-34-36-37-39-41-43-45-47-50-53-56-59-65(68)71-62-63(61-70-64(67)58-55-52-49-18-15-12-9-6-3)72-66(69)60-57-54-51-48-46-44-42-40-38-35-30-28-26-24-22-20-17-14-11-8-5-2/h7,10,16,19,23,25,28-31,63H,4-6,8-9,11-15,17-18,20-22,24,26-27,32-62H2,1-3H3/b10-7-,19-16-,25-23-,30-28-,31-29-. The number of ether oxygens (including phenoxy) is 3. The number of carbonyl (C=O) groups is 3. The van der Waals surface area contributed by atoms with Crippen LogP contribution in [0.25, 0.3) is 0 Å². The van der Waals surface area contributed by atoms with E-state index in [1.54, 1.807) is 0 Å². The van der Waals surface area contributed by atoms with Crippen molar-refractivity contribution in [3.63, 3.8) is 0 Å². The Hall–Kier alpha value is -2.89. The van der Waals surface area contributed by atoms with Gasteiger partial charge < -0.3 is 14.2 Å². The van der Waals surface area contributed by atoms with Gasteiger partial charge in [-0.05, 0) is 83.5 Å². The minimum atomic E-state index is -0.773. The Morgan fingerprint density at radius 3 is 0.861 bits per heavy atom. The van der Waals surface area contributed by atoms with Gasteiger partial charge in [-0.15, -0.1) is 0 Å². The van der Waals surface area contributed by atoms with Crippen LogP contribution in [0.2, 0.25) is 0 Å². The fourth-order valence-corrected chi connectivity index (χ4v) is 9.08. The molecule has 1 atom stereocenters. The van der Waals surface area contributed by atoms with Crippen LogP contribution in [0.1, 0.15) is 323 Å². The molecule has 0 bridgehead atoms. The lowest BCUT2D eigenvalue weighted by molar-refractivity contribution is -0.167. The smallest absolute Gasteiger partial charge is 0.306 e. The molecule has 0 heterocycles. The summed E-state index contributed by atoms with van der Waals surface area (Å²) in [6, 6.07) is 0. The molecule has 0 aromatic heterocycles. The summed E-state index contributed by atoms with van der Waals surface area (Å²) in [6.45, 7) is 6.53. The molecule has 0 fully saturated rings. The van der Waals surface area contributed by atoms with Crippen LogP contribution < -0.4 is 0 Å². The molecule has 0 aliphatic carbocycles. The number of allylic oxidation sites excluding steroid dienone is 10. The fourth-order valence-electron chi connectivity index (χ4n) is 9.08. The van der Waals surface area contributed by atoms with E-state index in [0.29, 0.717) is 19.3 Å². The average molecular weight is 1010 g/mol. The van der Waals surface area contributed by atoms with Crippen LogP contribution in [-0.2, 0) is 28.6 Å². The van der Waals surface area contributed by atoms with Crippen LogP contribution in [-0.4, -0.2) is 37.2 Å². The van der Waals surface area contributed by atoms with Gasteiger partial charge in [-0.1, -0.05) is 281 Å². The maximum absolute atomic E-state index is 12.9. The maximum Gasteiger partial charge on any atom is 0.306 e. The van der Waals surface area contributed by atoms with Gasteiger partial charge in [0.2, 0.25) is 0 Å². The summed E-state index contributed by atoms with van der Waals surface area (Å²) >= 11 is 0. The number of esters is 3. The van der Waals surface area contributed by atoms with E-state index in [2.05, 4.69) is 81.5 Å². The quantitative estimate of drug-likeness (QED) is 0.0261. The van der Waals surface area contributed by atoms with Crippen LogP contribution in [0.4, 0.5) is 0 Å². The van der Waals surface area contributed by atoms with E-state index in [9.17, 15) is 14.4 Å². The molecule has 0 rings (SSSR count). The number of hydrogen-bond acceptors (Lipinski definition) is 6. The first-order chi connectivity index (χ1) is 35.5. The van der Waals surface area contributed by atoms with E-state index in [0.717, 1.165) is 83.5 Å². The minimum Gasteiger partial charge on any atom is -0.462 e. The van der Waals surface area contributed by atoms with Gasteiger partial charge in [-0.25, -0.2) is 0 Å². The van der Waals surface area contributed by atoms with Crippen LogP contribution in [0.15, 0.2) is 60.8 Å². The second kappa shape index (κ2) is 60.7. The lowest BCUT2D eigenvalue weighted by atomic mass is 10.0. The molecule has 418 valence electrons. The molecule has 1 unspecified atom stereocenters. The fraction of sp³-hybridized carbons (Fsp3) is 0.803. The lowest BCUT2D eigenvalue weighted by Crippen LogP contribution is -2.30. The Morgan fingerprint density at radius 1 is 0.292 bits per heavy atom. The van der Waals surface area contributed by atoms with Gasteiger partial charge in [-0.3, -0.25) is 14.4 Å². The zero-order valence-corrected chi connectivity index (χ0v) is 47.9. The number of hydrogen-bond donors (Lipinski definition) is 0. The van der Waals surface area contributed by atoms with Crippen LogP contribution in [0, 0.1) is 0 Å². The first-order valence-electron chi connectivity index (χ1n) is 31.3. The lowest BCUT2D eigenvalue weighted by Gasteiger charge is -2.18. The topological polar surface area (TPSA) is 78.9 Å². The van der Waals surface area contributed by atoms with Crippen molar-refractivity contribution in [1.82, 2.24) is 0 Å². The zero-order chi connectivity index (χ0) is 52.2. The summed E-state index contributed by atoms with van der Waals surface area (Å²) in [4.78, 5) is 38.1. The van der Waals surface area contributed by atoms with E-state index in [4.69, 9.17) is 14.2 Å². The third-order valence-corrected chi connectivity index (χ3v) is 13.8. The minimum absolute atomic E-state index is 0.0723. The number of unbranched alkanes of at least 4 members (excludes halogenated alkanes) is 36. The van der Waals surface area contributed by atoms with Gasteiger partial charge in [-0.2, -0.15) is 0 Å². The molecule has 72 heavy (non-hydrogen) atoms. The predicted molar refractivity (Wildman–Crippen MR) is 312 cm³/mol. The SMILES string of the molecule is CC/C=C\C/C=C\C/C=C\C/C=C\CCCCCCCCCCCCCCC(=O)OCC(COC(=O)CCCCCCCCCC)OC(=O)CCCCCCCCCCC/C=C\CCCCCCCCCC. The van der Waals surface area contributed by atoms with Crippen molar-refractivity contribution in [2.45, 2.75) is 329 Å². The second-order valence-corrected chi connectivity index (χ2v) is 20.9. The number of rotatable bonds is 57. The van der Waals surface area contributed by atoms with Gasteiger partial charge in [0, 0.05) is 19.3 Å².